The van der Waals surface area contributed by atoms with Gasteiger partial charge in [0.1, 0.15) is 24.9 Å². The predicted molar refractivity (Wildman–Crippen MR) is 85.5 cm³/mol. The number of hydrogen-bond acceptors (Lipinski definition) is 6. The second kappa shape index (κ2) is 6.44. The van der Waals surface area contributed by atoms with E-state index >= 15 is 0 Å². The molecule has 24 heavy (non-hydrogen) atoms. The van der Waals surface area contributed by atoms with E-state index in [2.05, 4.69) is 0 Å². The molecule has 132 valence electrons. The average Bonchev–Trinajstić information content (AvgIpc) is 3.04. The minimum atomic E-state index is -0.759. The lowest BCUT2D eigenvalue weighted by Gasteiger charge is -2.23. The molecule has 0 unspecified atom stereocenters. The van der Waals surface area contributed by atoms with Crippen LogP contribution < -0.4 is 0 Å². The summed E-state index contributed by atoms with van der Waals surface area (Å²) in [7, 11) is 0. The van der Waals surface area contributed by atoms with Crippen LogP contribution >= 0.6 is 0 Å². The van der Waals surface area contributed by atoms with Crippen molar-refractivity contribution in [2.24, 2.45) is 0 Å². The van der Waals surface area contributed by atoms with E-state index in [9.17, 15) is 4.79 Å². The molecule has 2 saturated heterocycles. The van der Waals surface area contributed by atoms with E-state index in [1.165, 1.54) is 0 Å². The molecule has 6 nitrogen and oxygen atoms in total. The number of benzene rings is 1. The summed E-state index contributed by atoms with van der Waals surface area (Å²) < 4.78 is 28.7. The molecule has 3 rings (SSSR count). The van der Waals surface area contributed by atoms with Gasteiger partial charge in [0.05, 0.1) is 12.2 Å². The maximum absolute atomic E-state index is 12.1. The smallest absolute Gasteiger partial charge is 0.338 e. The van der Waals surface area contributed by atoms with E-state index in [0.29, 0.717) is 12.2 Å². The van der Waals surface area contributed by atoms with Crippen LogP contribution in [0, 0.1) is 0 Å². The normalized spacial score (nSPS) is 31.1. The summed E-state index contributed by atoms with van der Waals surface area (Å²) >= 11 is 0. The molecule has 1 aromatic rings. The number of ether oxygens (including phenoxy) is 5. The van der Waals surface area contributed by atoms with Gasteiger partial charge in [0.15, 0.2) is 11.6 Å². The van der Waals surface area contributed by atoms with Gasteiger partial charge in [-0.25, -0.2) is 4.79 Å². The van der Waals surface area contributed by atoms with Crippen molar-refractivity contribution >= 4 is 5.97 Å². The van der Waals surface area contributed by atoms with Crippen LogP contribution in [0.2, 0.25) is 0 Å². The monoisotopic (exact) mass is 336 g/mol. The van der Waals surface area contributed by atoms with E-state index < -0.39 is 17.7 Å². The van der Waals surface area contributed by atoms with Gasteiger partial charge in [0.25, 0.3) is 0 Å². The van der Waals surface area contributed by atoms with Crippen molar-refractivity contribution in [3.63, 3.8) is 0 Å². The Balaban J connectivity index is 1.63. The molecule has 0 amide bonds. The first-order chi connectivity index (χ1) is 11.3. The fourth-order valence-electron chi connectivity index (χ4n) is 3.00. The van der Waals surface area contributed by atoms with Crippen molar-refractivity contribution in [3.05, 3.63) is 35.9 Å². The second-order valence-electron chi connectivity index (χ2n) is 6.97. The summed E-state index contributed by atoms with van der Waals surface area (Å²) in [5.74, 6) is -1.79. The van der Waals surface area contributed by atoms with Gasteiger partial charge in [0, 0.05) is 0 Å². The summed E-state index contributed by atoms with van der Waals surface area (Å²) in [6.45, 7) is 7.90. The number of hydrogen-bond donors (Lipinski definition) is 0. The van der Waals surface area contributed by atoms with E-state index in [4.69, 9.17) is 23.7 Å². The molecule has 0 bridgehead atoms. The van der Waals surface area contributed by atoms with Gasteiger partial charge in [-0.3, -0.25) is 0 Å². The largest absolute Gasteiger partial charge is 0.459 e. The van der Waals surface area contributed by atoms with Crippen LogP contribution in [0.15, 0.2) is 30.3 Å². The van der Waals surface area contributed by atoms with Crippen molar-refractivity contribution in [1.29, 1.82) is 0 Å². The van der Waals surface area contributed by atoms with Gasteiger partial charge < -0.3 is 23.7 Å². The predicted octanol–water partition coefficient (Wildman–Crippen LogP) is 2.52. The van der Waals surface area contributed by atoms with Crippen molar-refractivity contribution in [2.45, 2.75) is 57.6 Å². The van der Waals surface area contributed by atoms with E-state index in [-0.39, 0.29) is 24.8 Å². The SMILES string of the molecule is CC1(C)OC[C@@H]([C@@H]2OC(C)(C)O[C@H]2COC(=O)c2ccccc2)O1. The zero-order chi connectivity index (χ0) is 17.4. The lowest BCUT2D eigenvalue weighted by molar-refractivity contribution is -0.175. The van der Waals surface area contributed by atoms with Crippen LogP contribution in [0.25, 0.3) is 0 Å². The summed E-state index contributed by atoms with van der Waals surface area (Å²) in [6.07, 6.45) is -1.03. The average molecular weight is 336 g/mol. The molecule has 6 heteroatoms. The number of rotatable bonds is 4. The first kappa shape index (κ1) is 17.4. The van der Waals surface area contributed by atoms with Crippen LogP contribution in [0.5, 0.6) is 0 Å². The molecule has 0 N–H and O–H groups in total. The van der Waals surface area contributed by atoms with Crippen LogP contribution in [0.3, 0.4) is 0 Å². The minimum Gasteiger partial charge on any atom is -0.459 e. The molecule has 0 radical (unpaired) electrons. The number of carbonyl (C=O) groups is 1. The number of esters is 1. The van der Waals surface area contributed by atoms with Crippen molar-refractivity contribution in [1.82, 2.24) is 0 Å². The maximum Gasteiger partial charge on any atom is 0.338 e. The quantitative estimate of drug-likeness (QED) is 0.787. The summed E-state index contributed by atoms with van der Waals surface area (Å²) in [5.41, 5.74) is 0.508. The molecule has 0 aliphatic carbocycles. The highest BCUT2D eigenvalue weighted by Gasteiger charge is 2.50. The molecule has 2 aliphatic rings. The highest BCUT2D eigenvalue weighted by Crippen LogP contribution is 2.35. The van der Waals surface area contributed by atoms with Crippen LogP contribution in [-0.4, -0.2) is 49.1 Å². The molecular weight excluding hydrogens is 312 g/mol. The standard InChI is InChI=1S/C18H24O6/c1-17(2)21-11-14(22-17)15-13(23-18(3,4)24-15)10-20-16(19)12-8-6-5-7-9-12/h5-9,13-15H,10-11H2,1-4H3/t13-,14-,15+/m0/s1. The maximum atomic E-state index is 12.1. The first-order valence-electron chi connectivity index (χ1n) is 8.15. The molecular formula is C18H24O6. The Bertz CT molecular complexity index is 582. The van der Waals surface area contributed by atoms with Crippen LogP contribution in [0.1, 0.15) is 38.1 Å². The fraction of sp³-hybridized carbons (Fsp3) is 0.611. The molecule has 0 saturated carbocycles. The van der Waals surface area contributed by atoms with Crippen molar-refractivity contribution in [2.75, 3.05) is 13.2 Å². The fourth-order valence-corrected chi connectivity index (χ4v) is 3.00. The van der Waals surface area contributed by atoms with Gasteiger partial charge in [-0.15, -0.1) is 0 Å². The van der Waals surface area contributed by atoms with Gasteiger partial charge >= 0.3 is 5.97 Å². The second-order valence-corrected chi connectivity index (χ2v) is 6.97. The zero-order valence-electron chi connectivity index (χ0n) is 14.5. The van der Waals surface area contributed by atoms with Gasteiger partial charge in [-0.05, 0) is 39.8 Å². The Morgan fingerprint density at radius 3 is 2.42 bits per heavy atom. The third-order valence-electron chi connectivity index (χ3n) is 4.01. The van der Waals surface area contributed by atoms with Gasteiger partial charge in [-0.2, -0.15) is 0 Å². The zero-order valence-corrected chi connectivity index (χ0v) is 14.5. The lowest BCUT2D eigenvalue weighted by atomic mass is 10.1. The highest BCUT2D eigenvalue weighted by atomic mass is 16.8. The Labute approximate surface area is 142 Å². The van der Waals surface area contributed by atoms with Crippen molar-refractivity contribution in [3.8, 4) is 0 Å². The Hall–Kier alpha value is -1.47. The Morgan fingerprint density at radius 1 is 1.08 bits per heavy atom. The van der Waals surface area contributed by atoms with Gasteiger partial charge in [-0.1, -0.05) is 18.2 Å². The van der Waals surface area contributed by atoms with Crippen molar-refractivity contribution < 1.29 is 28.5 Å². The molecule has 3 atom stereocenters. The Kier molecular flexibility index (Phi) is 4.66. The van der Waals surface area contributed by atoms with Crippen LogP contribution in [0.4, 0.5) is 0 Å². The van der Waals surface area contributed by atoms with E-state index in [1.54, 1.807) is 24.3 Å². The summed E-state index contributed by atoms with van der Waals surface area (Å²) in [6, 6.07) is 8.87. The van der Waals surface area contributed by atoms with Gasteiger partial charge in [0.2, 0.25) is 0 Å². The molecule has 0 spiro atoms. The highest BCUT2D eigenvalue weighted by molar-refractivity contribution is 5.89. The minimum absolute atomic E-state index is 0.0993. The Morgan fingerprint density at radius 2 is 1.79 bits per heavy atom. The topological polar surface area (TPSA) is 63.2 Å². The van der Waals surface area contributed by atoms with E-state index in [1.807, 2.05) is 33.8 Å². The summed E-state index contributed by atoms with van der Waals surface area (Å²) in [4.78, 5) is 12.1. The summed E-state index contributed by atoms with van der Waals surface area (Å²) in [5, 5.41) is 0. The molecule has 0 aromatic heterocycles. The molecule has 2 fully saturated rings. The molecule has 2 heterocycles. The lowest BCUT2D eigenvalue weighted by Crippen LogP contribution is -2.40. The third-order valence-corrected chi connectivity index (χ3v) is 4.01. The molecule has 1 aromatic carbocycles. The molecule has 2 aliphatic heterocycles. The third kappa shape index (κ3) is 3.95. The number of carbonyl (C=O) groups excluding carboxylic acids is 1. The first-order valence-corrected chi connectivity index (χ1v) is 8.15. The van der Waals surface area contributed by atoms with Crippen LogP contribution in [-0.2, 0) is 23.7 Å². The van der Waals surface area contributed by atoms with E-state index in [0.717, 1.165) is 0 Å².